The van der Waals surface area contributed by atoms with Gasteiger partial charge in [0.2, 0.25) is 5.91 Å². The van der Waals surface area contributed by atoms with E-state index >= 15 is 0 Å². The topological polar surface area (TPSA) is 44.7 Å². The molecule has 34 heavy (non-hydrogen) atoms. The van der Waals surface area contributed by atoms with E-state index in [0.29, 0.717) is 24.3 Å². The summed E-state index contributed by atoms with van der Waals surface area (Å²) in [5, 5.41) is 3.32. The molecule has 0 radical (unpaired) electrons. The summed E-state index contributed by atoms with van der Waals surface area (Å²) in [4.78, 5) is 21.8. The van der Waals surface area contributed by atoms with Crippen molar-refractivity contribution in [2.45, 2.75) is 63.1 Å². The molecule has 1 N–H and O–H groups in total. The predicted octanol–water partition coefficient (Wildman–Crippen LogP) is 4.89. The second-order valence-electron chi connectivity index (χ2n) is 11.1. The first kappa shape index (κ1) is 22.0. The highest BCUT2D eigenvalue weighted by molar-refractivity contribution is 5.92. The van der Waals surface area contributed by atoms with Crippen molar-refractivity contribution < 1.29 is 4.79 Å². The van der Waals surface area contributed by atoms with E-state index in [4.69, 9.17) is 4.99 Å². The Kier molecular flexibility index (Phi) is 6.02. The summed E-state index contributed by atoms with van der Waals surface area (Å²) in [6, 6.07) is 21.4. The van der Waals surface area contributed by atoms with Crippen LogP contribution in [0.3, 0.4) is 0 Å². The number of aliphatic imine (C=N–C) groups is 1. The smallest absolute Gasteiger partial charge is 0.250 e. The van der Waals surface area contributed by atoms with E-state index in [2.05, 4.69) is 58.9 Å². The minimum Gasteiger partial charge on any atom is -0.350 e. The van der Waals surface area contributed by atoms with Gasteiger partial charge in [-0.15, -0.1) is 0 Å². The van der Waals surface area contributed by atoms with E-state index in [1.165, 1.54) is 37.7 Å². The number of nitrogens with zero attached hydrogens (tertiary/aromatic N) is 2. The summed E-state index contributed by atoms with van der Waals surface area (Å²) in [5.74, 6) is 2.18. The van der Waals surface area contributed by atoms with Gasteiger partial charge in [0.1, 0.15) is 0 Å². The number of hydrogen-bond acceptors (Lipinski definition) is 3. The van der Waals surface area contributed by atoms with E-state index in [1.807, 2.05) is 18.2 Å². The van der Waals surface area contributed by atoms with Crippen LogP contribution in [0.5, 0.6) is 0 Å². The van der Waals surface area contributed by atoms with Crippen molar-refractivity contribution in [1.82, 2.24) is 10.2 Å². The number of nitrogens with one attached hydrogen (secondary N) is 1. The van der Waals surface area contributed by atoms with Crippen LogP contribution in [0.15, 0.2) is 65.7 Å². The first-order valence-electron chi connectivity index (χ1n) is 13.4. The molecule has 0 spiro atoms. The molecule has 3 fully saturated rings. The summed E-state index contributed by atoms with van der Waals surface area (Å²) in [7, 11) is 0. The number of benzene rings is 2. The molecule has 4 heteroatoms. The van der Waals surface area contributed by atoms with Crippen molar-refractivity contribution in [1.29, 1.82) is 0 Å². The predicted molar refractivity (Wildman–Crippen MR) is 137 cm³/mol. The van der Waals surface area contributed by atoms with Crippen molar-refractivity contribution in [3.05, 3.63) is 71.8 Å². The van der Waals surface area contributed by atoms with Crippen molar-refractivity contribution in [3.63, 3.8) is 0 Å². The van der Waals surface area contributed by atoms with Gasteiger partial charge in [0.05, 0.1) is 0 Å². The second kappa shape index (κ2) is 9.30. The highest BCUT2D eigenvalue weighted by Gasteiger charge is 2.67. The molecule has 2 saturated carbocycles. The minimum absolute atomic E-state index is 0.143. The highest BCUT2D eigenvalue weighted by Crippen LogP contribution is 2.55. The summed E-state index contributed by atoms with van der Waals surface area (Å²) in [6.45, 7) is 2.74. The SMILES string of the molecule is O=C(NCc1ccccc1)C12N=CC3CC1CN(CC1CCCCC1)C2C3Cc1ccccc1. The van der Waals surface area contributed by atoms with Crippen LogP contribution in [0.2, 0.25) is 0 Å². The number of carbonyl (C=O) groups is 1. The maximum Gasteiger partial charge on any atom is 0.250 e. The molecule has 3 aliphatic heterocycles. The number of carbonyl (C=O) groups excluding carboxylic acids is 1. The van der Waals surface area contributed by atoms with Gasteiger partial charge in [-0.25, -0.2) is 0 Å². The minimum atomic E-state index is -0.627. The number of likely N-dealkylation sites (tertiary alicyclic amines) is 1. The van der Waals surface area contributed by atoms with Crippen LogP contribution in [0.1, 0.15) is 49.7 Å². The van der Waals surface area contributed by atoms with Gasteiger partial charge in [-0.3, -0.25) is 14.7 Å². The molecule has 0 aromatic heterocycles. The lowest BCUT2D eigenvalue weighted by Gasteiger charge is -2.51. The molecule has 2 aromatic carbocycles. The summed E-state index contributed by atoms with van der Waals surface area (Å²) < 4.78 is 0. The summed E-state index contributed by atoms with van der Waals surface area (Å²) in [6.07, 6.45) is 11.1. The average Bonchev–Trinajstić information content (AvgIpc) is 3.15. The first-order valence-corrected chi connectivity index (χ1v) is 13.4. The van der Waals surface area contributed by atoms with Gasteiger partial charge in [0.15, 0.2) is 5.54 Å². The molecular formula is C30H37N3O. The lowest BCUT2D eigenvalue weighted by molar-refractivity contribution is -0.132. The normalized spacial score (nSPS) is 32.7. The van der Waals surface area contributed by atoms with E-state index in [-0.39, 0.29) is 11.9 Å². The molecule has 1 saturated heterocycles. The van der Waals surface area contributed by atoms with Crippen LogP contribution in [-0.4, -0.2) is 41.7 Å². The Labute approximate surface area is 203 Å². The van der Waals surface area contributed by atoms with Crippen LogP contribution in [0.25, 0.3) is 0 Å². The quantitative estimate of drug-likeness (QED) is 0.646. The third-order valence-corrected chi connectivity index (χ3v) is 9.10. The van der Waals surface area contributed by atoms with Gasteiger partial charge < -0.3 is 5.32 Å². The number of hydrogen-bond donors (Lipinski definition) is 1. The molecule has 4 nitrogen and oxygen atoms in total. The molecule has 2 aromatic rings. The van der Waals surface area contributed by atoms with E-state index in [9.17, 15) is 4.79 Å². The Bertz CT molecular complexity index is 1020. The standard InChI is InChI=1S/C30H37N3O/c34-29(31-18-23-12-6-2-7-13-23)30-26-17-25(19-32-30)27(16-22-10-4-1-5-11-22)28(30)33(21-26)20-24-14-8-3-9-15-24/h1-2,4-7,10-13,19,24-28H,3,8-9,14-18,20-21H2,(H,31,34). The molecule has 5 atom stereocenters. The zero-order valence-electron chi connectivity index (χ0n) is 20.1. The Hall–Kier alpha value is -2.46. The van der Waals surface area contributed by atoms with Crippen LogP contribution in [0.4, 0.5) is 0 Å². The van der Waals surface area contributed by atoms with Gasteiger partial charge >= 0.3 is 0 Å². The summed E-state index contributed by atoms with van der Waals surface area (Å²) in [5.41, 5.74) is 1.90. The molecule has 7 rings (SSSR count). The van der Waals surface area contributed by atoms with Crippen molar-refractivity contribution in [2.75, 3.05) is 13.1 Å². The number of amides is 1. The Morgan fingerprint density at radius 2 is 1.68 bits per heavy atom. The third-order valence-electron chi connectivity index (χ3n) is 9.10. The van der Waals surface area contributed by atoms with E-state index in [0.717, 1.165) is 37.4 Å². The monoisotopic (exact) mass is 455 g/mol. The van der Waals surface area contributed by atoms with Crippen LogP contribution in [0, 0.1) is 23.7 Å². The lowest BCUT2D eigenvalue weighted by Crippen LogP contribution is -2.66. The van der Waals surface area contributed by atoms with Crippen LogP contribution < -0.4 is 5.32 Å². The highest BCUT2D eigenvalue weighted by atomic mass is 16.2. The van der Waals surface area contributed by atoms with Crippen LogP contribution in [-0.2, 0) is 17.8 Å². The van der Waals surface area contributed by atoms with Crippen molar-refractivity contribution in [2.24, 2.45) is 28.7 Å². The molecule has 1 amide bonds. The van der Waals surface area contributed by atoms with Crippen molar-refractivity contribution >= 4 is 12.1 Å². The zero-order chi connectivity index (χ0) is 23.0. The van der Waals surface area contributed by atoms with Gasteiger partial charge in [-0.1, -0.05) is 79.9 Å². The van der Waals surface area contributed by atoms with Gasteiger partial charge in [-0.05, 0) is 54.6 Å². The molecular weight excluding hydrogens is 418 g/mol. The molecule has 3 heterocycles. The summed E-state index contributed by atoms with van der Waals surface area (Å²) >= 11 is 0. The van der Waals surface area contributed by atoms with Gasteiger partial charge in [0, 0.05) is 37.8 Å². The first-order chi connectivity index (χ1) is 16.7. The fraction of sp³-hybridized carbons (Fsp3) is 0.533. The zero-order valence-corrected chi connectivity index (χ0v) is 20.1. The molecule has 2 aliphatic carbocycles. The number of rotatable bonds is 7. The van der Waals surface area contributed by atoms with E-state index < -0.39 is 5.54 Å². The molecule has 4 bridgehead atoms. The Balaban J connectivity index is 1.30. The van der Waals surface area contributed by atoms with Crippen molar-refractivity contribution in [3.8, 4) is 0 Å². The average molecular weight is 456 g/mol. The molecule has 5 unspecified atom stereocenters. The fourth-order valence-corrected chi connectivity index (χ4v) is 7.55. The molecule has 178 valence electrons. The van der Waals surface area contributed by atoms with Gasteiger partial charge in [-0.2, -0.15) is 0 Å². The maximum atomic E-state index is 14.0. The second-order valence-corrected chi connectivity index (χ2v) is 11.1. The third kappa shape index (κ3) is 3.90. The molecule has 5 aliphatic rings. The Morgan fingerprint density at radius 3 is 2.41 bits per heavy atom. The maximum absolute atomic E-state index is 14.0. The fourth-order valence-electron chi connectivity index (χ4n) is 7.55. The largest absolute Gasteiger partial charge is 0.350 e. The lowest BCUT2D eigenvalue weighted by atomic mass is 9.59. The Morgan fingerprint density at radius 1 is 0.971 bits per heavy atom. The van der Waals surface area contributed by atoms with E-state index in [1.54, 1.807) is 0 Å². The van der Waals surface area contributed by atoms with Gasteiger partial charge in [0.25, 0.3) is 0 Å². The van der Waals surface area contributed by atoms with Crippen LogP contribution >= 0.6 is 0 Å².